The zero-order valence-electron chi connectivity index (χ0n) is 18.5. The van der Waals surface area contributed by atoms with Gasteiger partial charge in [0.15, 0.2) is 6.61 Å². The second-order valence-corrected chi connectivity index (χ2v) is 8.20. The number of aryl methyl sites for hydroxylation is 1. The zero-order valence-corrected chi connectivity index (χ0v) is 19.2. The van der Waals surface area contributed by atoms with Gasteiger partial charge in [-0.1, -0.05) is 61.8 Å². The average molecular weight is 451 g/mol. The van der Waals surface area contributed by atoms with E-state index in [9.17, 15) is 4.79 Å². The van der Waals surface area contributed by atoms with E-state index in [0.717, 1.165) is 28.0 Å². The van der Waals surface area contributed by atoms with E-state index in [0.29, 0.717) is 23.3 Å². The van der Waals surface area contributed by atoms with Gasteiger partial charge in [-0.15, -0.1) is 0 Å². The van der Waals surface area contributed by atoms with Crippen LogP contribution in [0.4, 0.5) is 0 Å². The maximum absolute atomic E-state index is 12.1. The minimum atomic E-state index is -0.326. The summed E-state index contributed by atoms with van der Waals surface area (Å²) in [6.07, 6.45) is 1.57. The Morgan fingerprint density at radius 3 is 2.59 bits per heavy atom. The van der Waals surface area contributed by atoms with Crippen LogP contribution in [0.3, 0.4) is 0 Å². The van der Waals surface area contributed by atoms with Crippen molar-refractivity contribution in [3.05, 3.63) is 94.0 Å². The lowest BCUT2D eigenvalue weighted by atomic mass is 10.0. The Morgan fingerprint density at radius 2 is 1.84 bits per heavy atom. The van der Waals surface area contributed by atoms with Crippen molar-refractivity contribution in [1.82, 2.24) is 5.43 Å². The summed E-state index contributed by atoms with van der Waals surface area (Å²) in [6, 6.07) is 21.0. The number of halogens is 1. The summed E-state index contributed by atoms with van der Waals surface area (Å²) >= 11 is 5.90. The van der Waals surface area contributed by atoms with Crippen LogP contribution in [0.2, 0.25) is 5.02 Å². The fourth-order valence-corrected chi connectivity index (χ4v) is 3.16. The molecule has 3 aromatic rings. The Bertz CT molecular complexity index is 1080. The number of rotatable bonds is 9. The summed E-state index contributed by atoms with van der Waals surface area (Å²) in [5.74, 6) is 1.41. The van der Waals surface area contributed by atoms with E-state index in [1.165, 1.54) is 0 Å². The van der Waals surface area contributed by atoms with Crippen molar-refractivity contribution >= 4 is 23.7 Å². The third-order valence-corrected chi connectivity index (χ3v) is 4.98. The fraction of sp³-hybridized carbons (Fsp3) is 0.231. The summed E-state index contributed by atoms with van der Waals surface area (Å²) in [5.41, 5.74) is 6.48. The molecule has 0 radical (unpaired) electrons. The number of nitrogens with one attached hydrogen (secondary N) is 1. The largest absolute Gasteiger partial charge is 0.489 e. The van der Waals surface area contributed by atoms with Gasteiger partial charge in [0.1, 0.15) is 18.1 Å². The number of hydrogen-bond acceptors (Lipinski definition) is 4. The number of amides is 1. The van der Waals surface area contributed by atoms with E-state index in [4.69, 9.17) is 21.1 Å². The molecule has 0 bridgehead atoms. The monoisotopic (exact) mass is 450 g/mol. The highest BCUT2D eigenvalue weighted by molar-refractivity contribution is 6.30. The number of benzene rings is 3. The number of ether oxygens (including phenoxy) is 2. The summed E-state index contributed by atoms with van der Waals surface area (Å²) in [7, 11) is 0. The van der Waals surface area contributed by atoms with Crippen LogP contribution in [0, 0.1) is 6.92 Å². The van der Waals surface area contributed by atoms with E-state index in [-0.39, 0.29) is 12.5 Å². The molecule has 0 atom stereocenters. The number of hydrazone groups is 1. The van der Waals surface area contributed by atoms with Gasteiger partial charge in [0, 0.05) is 5.02 Å². The molecule has 0 aromatic heterocycles. The van der Waals surface area contributed by atoms with E-state index < -0.39 is 0 Å². The first-order chi connectivity index (χ1) is 15.4. The van der Waals surface area contributed by atoms with Crippen LogP contribution in [0.15, 0.2) is 71.8 Å². The first-order valence-corrected chi connectivity index (χ1v) is 10.8. The molecule has 1 amide bonds. The maximum Gasteiger partial charge on any atom is 0.277 e. The van der Waals surface area contributed by atoms with Crippen molar-refractivity contribution in [2.75, 3.05) is 6.61 Å². The third-order valence-electron chi connectivity index (χ3n) is 4.73. The second-order valence-electron chi connectivity index (χ2n) is 7.77. The molecule has 166 valence electrons. The molecule has 1 N–H and O–H groups in total. The summed E-state index contributed by atoms with van der Waals surface area (Å²) in [4.78, 5) is 12.1. The molecule has 0 aliphatic carbocycles. The summed E-state index contributed by atoms with van der Waals surface area (Å²) in [6.45, 7) is 6.51. The third kappa shape index (κ3) is 7.13. The zero-order chi connectivity index (χ0) is 22.9. The highest BCUT2D eigenvalue weighted by Crippen LogP contribution is 2.27. The minimum absolute atomic E-state index is 0.106. The van der Waals surface area contributed by atoms with Crippen LogP contribution in [0.1, 0.15) is 42.0 Å². The Hall–Kier alpha value is -3.31. The Morgan fingerprint density at radius 1 is 1.06 bits per heavy atom. The van der Waals surface area contributed by atoms with Crippen molar-refractivity contribution in [3.63, 3.8) is 0 Å². The average Bonchev–Trinajstić information content (AvgIpc) is 2.77. The first-order valence-electron chi connectivity index (χ1n) is 10.4. The van der Waals surface area contributed by atoms with Gasteiger partial charge >= 0.3 is 0 Å². The molecule has 0 spiro atoms. The van der Waals surface area contributed by atoms with Crippen molar-refractivity contribution in [3.8, 4) is 11.5 Å². The molecule has 3 aromatic carbocycles. The van der Waals surface area contributed by atoms with E-state index >= 15 is 0 Å². The maximum atomic E-state index is 12.1. The molecular formula is C26H27ClN2O3. The van der Waals surface area contributed by atoms with Crippen molar-refractivity contribution in [2.24, 2.45) is 5.10 Å². The number of carbonyl (C=O) groups excluding carboxylic acids is 1. The Kier molecular flexibility index (Phi) is 8.28. The van der Waals surface area contributed by atoms with Crippen LogP contribution in [0.5, 0.6) is 11.5 Å². The molecule has 6 heteroatoms. The second kappa shape index (κ2) is 11.3. The molecule has 0 saturated heterocycles. The van der Waals surface area contributed by atoms with E-state index in [2.05, 4.69) is 24.4 Å². The number of nitrogens with zero attached hydrogens (tertiary/aromatic N) is 1. The molecule has 32 heavy (non-hydrogen) atoms. The van der Waals surface area contributed by atoms with E-state index in [1.54, 1.807) is 6.21 Å². The predicted molar refractivity (Wildman–Crippen MR) is 129 cm³/mol. The van der Waals surface area contributed by atoms with Gasteiger partial charge in [0.05, 0.1) is 6.21 Å². The van der Waals surface area contributed by atoms with Gasteiger partial charge in [-0.3, -0.25) is 4.79 Å². The lowest BCUT2D eigenvalue weighted by Crippen LogP contribution is -2.25. The molecule has 0 unspecified atom stereocenters. The van der Waals surface area contributed by atoms with Crippen LogP contribution in [-0.4, -0.2) is 18.7 Å². The standard InChI is InChI=1S/C26H27ClN2O3/c1-18(2)24-12-7-19(3)13-25(24)32-17-26(30)29-28-15-21-5-4-6-23(14-21)31-16-20-8-10-22(27)11-9-20/h4-15,18H,16-17H2,1-3H3,(H,29,30)/b28-15+. The van der Waals surface area contributed by atoms with Gasteiger partial charge in [-0.2, -0.15) is 5.10 Å². The summed E-state index contributed by atoms with van der Waals surface area (Å²) < 4.78 is 11.5. The number of hydrogen-bond donors (Lipinski definition) is 1. The van der Waals surface area contributed by atoms with Gasteiger partial charge in [-0.05, 0) is 65.4 Å². The van der Waals surface area contributed by atoms with Gasteiger partial charge in [-0.25, -0.2) is 5.43 Å². The molecule has 0 aliphatic rings. The highest BCUT2D eigenvalue weighted by atomic mass is 35.5. The Balaban J connectivity index is 1.50. The van der Waals surface area contributed by atoms with E-state index in [1.807, 2.05) is 73.7 Å². The predicted octanol–water partition coefficient (Wildman–Crippen LogP) is 5.88. The molecule has 0 saturated carbocycles. The summed E-state index contributed by atoms with van der Waals surface area (Å²) in [5, 5.41) is 4.72. The van der Waals surface area contributed by atoms with Crippen LogP contribution in [0.25, 0.3) is 0 Å². The molecule has 0 fully saturated rings. The molecule has 0 aliphatic heterocycles. The molecule has 0 heterocycles. The lowest BCUT2D eigenvalue weighted by molar-refractivity contribution is -0.123. The van der Waals surface area contributed by atoms with Gasteiger partial charge in [0.2, 0.25) is 0 Å². The van der Waals surface area contributed by atoms with Crippen molar-refractivity contribution in [1.29, 1.82) is 0 Å². The minimum Gasteiger partial charge on any atom is -0.489 e. The topological polar surface area (TPSA) is 59.9 Å². The smallest absolute Gasteiger partial charge is 0.277 e. The van der Waals surface area contributed by atoms with Crippen LogP contribution < -0.4 is 14.9 Å². The SMILES string of the molecule is Cc1ccc(C(C)C)c(OCC(=O)N/N=C/c2cccc(OCc3ccc(Cl)cc3)c2)c1. The lowest BCUT2D eigenvalue weighted by Gasteiger charge is -2.14. The fourth-order valence-electron chi connectivity index (χ4n) is 3.03. The molecule has 3 rings (SSSR count). The van der Waals surface area contributed by atoms with Crippen molar-refractivity contribution in [2.45, 2.75) is 33.3 Å². The van der Waals surface area contributed by atoms with Gasteiger partial charge < -0.3 is 9.47 Å². The van der Waals surface area contributed by atoms with Crippen molar-refractivity contribution < 1.29 is 14.3 Å². The normalized spacial score (nSPS) is 11.0. The van der Waals surface area contributed by atoms with Gasteiger partial charge in [0.25, 0.3) is 5.91 Å². The molecular weight excluding hydrogens is 424 g/mol. The van der Waals surface area contributed by atoms with Crippen LogP contribution >= 0.6 is 11.6 Å². The quantitative estimate of drug-likeness (QED) is 0.327. The highest BCUT2D eigenvalue weighted by Gasteiger charge is 2.10. The Labute approximate surface area is 194 Å². The number of carbonyl (C=O) groups is 1. The molecule has 5 nitrogen and oxygen atoms in total. The first kappa shape index (κ1) is 23.4. The van der Waals surface area contributed by atoms with Crippen LogP contribution in [-0.2, 0) is 11.4 Å².